The van der Waals surface area contributed by atoms with E-state index >= 15 is 0 Å². The van der Waals surface area contributed by atoms with Gasteiger partial charge in [0.1, 0.15) is 0 Å². The van der Waals surface area contributed by atoms with Gasteiger partial charge in [0, 0.05) is 6.04 Å². The number of hydrogen-bond acceptors (Lipinski definition) is 1. The van der Waals surface area contributed by atoms with Crippen LogP contribution in [0, 0.1) is 19.3 Å². The molecule has 86 valence electrons. The van der Waals surface area contributed by atoms with Crippen LogP contribution in [0.5, 0.6) is 0 Å². The molecule has 0 fully saturated rings. The zero-order chi connectivity index (χ0) is 12.0. The maximum Gasteiger partial charge on any atom is 0.0691 e. The Hall–Kier alpha value is -1.26. The van der Waals surface area contributed by atoms with Crippen LogP contribution in [-0.4, -0.2) is 6.04 Å². The fourth-order valence-electron chi connectivity index (χ4n) is 1.97. The standard InChI is InChI=1S/C15H21N/c1-5-9-14(6-2)16-13(4)15-11-8-7-10-12(15)3/h2,7-8,10-11,13-14,16H,5,9H2,1,3-4H3. The van der Waals surface area contributed by atoms with Crippen molar-refractivity contribution in [2.75, 3.05) is 0 Å². The van der Waals surface area contributed by atoms with E-state index in [2.05, 4.69) is 56.3 Å². The molecule has 0 saturated heterocycles. The van der Waals surface area contributed by atoms with Crippen LogP contribution < -0.4 is 5.32 Å². The average molecular weight is 215 g/mol. The Morgan fingerprint density at radius 1 is 1.38 bits per heavy atom. The lowest BCUT2D eigenvalue weighted by atomic mass is 10.0. The molecule has 1 rings (SSSR count). The fraction of sp³-hybridized carbons (Fsp3) is 0.467. The van der Waals surface area contributed by atoms with Gasteiger partial charge < -0.3 is 0 Å². The first kappa shape index (κ1) is 12.8. The van der Waals surface area contributed by atoms with Crippen molar-refractivity contribution >= 4 is 0 Å². The molecule has 0 heterocycles. The van der Waals surface area contributed by atoms with Gasteiger partial charge in [-0.25, -0.2) is 0 Å². The van der Waals surface area contributed by atoms with Gasteiger partial charge in [-0.1, -0.05) is 43.5 Å². The van der Waals surface area contributed by atoms with E-state index in [1.165, 1.54) is 11.1 Å². The molecule has 1 heteroatoms. The second-order valence-corrected chi connectivity index (χ2v) is 4.25. The summed E-state index contributed by atoms with van der Waals surface area (Å²) in [6.45, 7) is 6.46. The van der Waals surface area contributed by atoms with Gasteiger partial charge in [-0.2, -0.15) is 0 Å². The van der Waals surface area contributed by atoms with Crippen LogP contribution in [-0.2, 0) is 0 Å². The Balaban J connectivity index is 2.68. The predicted molar refractivity (Wildman–Crippen MR) is 70.3 cm³/mol. The summed E-state index contributed by atoms with van der Waals surface area (Å²) in [4.78, 5) is 0. The second kappa shape index (κ2) is 6.35. The molecule has 0 aliphatic carbocycles. The molecule has 16 heavy (non-hydrogen) atoms. The molecule has 1 aromatic carbocycles. The number of benzene rings is 1. The van der Waals surface area contributed by atoms with Crippen LogP contribution in [0.15, 0.2) is 24.3 Å². The Kier molecular flexibility index (Phi) is 5.08. The molecule has 0 saturated carbocycles. The molecule has 0 aliphatic rings. The second-order valence-electron chi connectivity index (χ2n) is 4.25. The highest BCUT2D eigenvalue weighted by Crippen LogP contribution is 2.17. The lowest BCUT2D eigenvalue weighted by Crippen LogP contribution is -2.30. The molecule has 0 spiro atoms. The van der Waals surface area contributed by atoms with Gasteiger partial charge in [-0.3, -0.25) is 5.32 Å². The first-order chi connectivity index (χ1) is 7.69. The van der Waals surface area contributed by atoms with E-state index in [0.717, 1.165) is 12.8 Å². The van der Waals surface area contributed by atoms with E-state index in [-0.39, 0.29) is 6.04 Å². The van der Waals surface area contributed by atoms with Crippen LogP contribution in [0.4, 0.5) is 0 Å². The minimum Gasteiger partial charge on any atom is -0.297 e. The van der Waals surface area contributed by atoms with Crippen molar-refractivity contribution in [3.05, 3.63) is 35.4 Å². The van der Waals surface area contributed by atoms with Crippen molar-refractivity contribution in [3.8, 4) is 12.3 Å². The number of nitrogens with one attached hydrogen (secondary N) is 1. The van der Waals surface area contributed by atoms with Crippen LogP contribution in [0.25, 0.3) is 0 Å². The largest absolute Gasteiger partial charge is 0.297 e. The topological polar surface area (TPSA) is 12.0 Å². The van der Waals surface area contributed by atoms with Gasteiger partial charge in [-0.15, -0.1) is 6.42 Å². The van der Waals surface area contributed by atoms with Crippen LogP contribution in [0.2, 0.25) is 0 Å². The minimum atomic E-state index is 0.180. The van der Waals surface area contributed by atoms with E-state index in [1.807, 2.05) is 0 Å². The summed E-state index contributed by atoms with van der Waals surface area (Å²) in [5.41, 5.74) is 2.65. The number of aryl methyl sites for hydroxylation is 1. The van der Waals surface area contributed by atoms with Crippen molar-refractivity contribution in [3.63, 3.8) is 0 Å². The number of terminal acetylenes is 1. The van der Waals surface area contributed by atoms with Gasteiger partial charge in [0.25, 0.3) is 0 Å². The molecular formula is C15H21N. The summed E-state index contributed by atoms with van der Waals surface area (Å²) in [6, 6.07) is 8.93. The molecule has 1 nitrogen and oxygen atoms in total. The van der Waals surface area contributed by atoms with Crippen LogP contribution in [0.3, 0.4) is 0 Å². The summed E-state index contributed by atoms with van der Waals surface area (Å²) < 4.78 is 0. The maximum absolute atomic E-state index is 5.51. The van der Waals surface area contributed by atoms with Gasteiger partial charge in [0.05, 0.1) is 6.04 Å². The van der Waals surface area contributed by atoms with Gasteiger partial charge in [-0.05, 0) is 31.4 Å². The van der Waals surface area contributed by atoms with Crippen molar-refractivity contribution < 1.29 is 0 Å². The van der Waals surface area contributed by atoms with E-state index in [4.69, 9.17) is 6.42 Å². The Morgan fingerprint density at radius 3 is 2.62 bits per heavy atom. The van der Waals surface area contributed by atoms with Crippen molar-refractivity contribution in [1.82, 2.24) is 5.32 Å². The molecule has 0 aliphatic heterocycles. The fourth-order valence-corrected chi connectivity index (χ4v) is 1.97. The Morgan fingerprint density at radius 2 is 2.06 bits per heavy atom. The first-order valence-electron chi connectivity index (χ1n) is 5.96. The molecule has 2 atom stereocenters. The Bertz CT molecular complexity index is 362. The summed E-state index contributed by atoms with van der Waals surface area (Å²) >= 11 is 0. The van der Waals surface area contributed by atoms with E-state index in [9.17, 15) is 0 Å². The van der Waals surface area contributed by atoms with E-state index in [0.29, 0.717) is 6.04 Å². The normalized spacial score (nSPS) is 14.1. The van der Waals surface area contributed by atoms with Crippen LogP contribution >= 0.6 is 0 Å². The molecule has 1 N–H and O–H groups in total. The van der Waals surface area contributed by atoms with Gasteiger partial charge in [0.2, 0.25) is 0 Å². The molecule has 0 bridgehead atoms. The third-order valence-electron chi connectivity index (χ3n) is 2.88. The van der Waals surface area contributed by atoms with Crippen molar-refractivity contribution in [2.45, 2.75) is 45.7 Å². The highest BCUT2D eigenvalue weighted by Gasteiger charge is 2.11. The monoisotopic (exact) mass is 215 g/mol. The SMILES string of the molecule is C#CC(CCC)NC(C)c1ccccc1C. The maximum atomic E-state index is 5.51. The lowest BCUT2D eigenvalue weighted by molar-refractivity contribution is 0.494. The quantitative estimate of drug-likeness (QED) is 0.742. The van der Waals surface area contributed by atoms with Crippen molar-refractivity contribution in [1.29, 1.82) is 0 Å². The third kappa shape index (κ3) is 3.40. The number of hydrogen-bond donors (Lipinski definition) is 1. The summed E-state index contributed by atoms with van der Waals surface area (Å²) in [7, 11) is 0. The third-order valence-corrected chi connectivity index (χ3v) is 2.88. The minimum absolute atomic E-state index is 0.180. The summed E-state index contributed by atoms with van der Waals surface area (Å²) in [5, 5.41) is 3.49. The Labute approximate surface area is 99.3 Å². The molecule has 2 unspecified atom stereocenters. The molecule has 0 aromatic heterocycles. The van der Waals surface area contributed by atoms with Crippen molar-refractivity contribution in [2.24, 2.45) is 0 Å². The van der Waals surface area contributed by atoms with Crippen LogP contribution in [0.1, 0.15) is 43.9 Å². The van der Waals surface area contributed by atoms with Gasteiger partial charge in [0.15, 0.2) is 0 Å². The average Bonchev–Trinajstić information content (AvgIpc) is 2.28. The molecule has 0 amide bonds. The zero-order valence-corrected chi connectivity index (χ0v) is 10.5. The number of rotatable bonds is 5. The highest BCUT2D eigenvalue weighted by atomic mass is 14.9. The smallest absolute Gasteiger partial charge is 0.0691 e. The molecular weight excluding hydrogens is 194 g/mol. The lowest BCUT2D eigenvalue weighted by Gasteiger charge is -2.20. The zero-order valence-electron chi connectivity index (χ0n) is 10.5. The first-order valence-corrected chi connectivity index (χ1v) is 5.96. The van der Waals surface area contributed by atoms with Gasteiger partial charge >= 0.3 is 0 Å². The molecule has 1 aromatic rings. The molecule has 0 radical (unpaired) electrons. The summed E-state index contributed by atoms with van der Waals surface area (Å²) in [6.07, 6.45) is 7.66. The summed E-state index contributed by atoms with van der Waals surface area (Å²) in [5.74, 6) is 2.81. The highest BCUT2D eigenvalue weighted by molar-refractivity contribution is 5.28. The van der Waals surface area contributed by atoms with E-state index in [1.54, 1.807) is 0 Å². The predicted octanol–water partition coefficient (Wildman–Crippen LogP) is 3.45. The van der Waals surface area contributed by atoms with E-state index < -0.39 is 0 Å².